The predicted molar refractivity (Wildman–Crippen MR) is 92.9 cm³/mol. The molecule has 0 spiro atoms. The third-order valence-electron chi connectivity index (χ3n) is 4.32. The average molecular weight is 340 g/mol. The average Bonchev–Trinajstić information content (AvgIpc) is 2.46. The molecule has 1 atom stereocenters. The van der Waals surface area contributed by atoms with Crippen molar-refractivity contribution in [3.05, 3.63) is 29.3 Å². The Labute approximate surface area is 140 Å². The summed E-state index contributed by atoms with van der Waals surface area (Å²) in [5.74, 6) is 1.44. The lowest BCUT2D eigenvalue weighted by Gasteiger charge is -2.30. The van der Waals surface area contributed by atoms with Crippen molar-refractivity contribution in [1.82, 2.24) is 9.03 Å². The van der Waals surface area contributed by atoms with Crippen molar-refractivity contribution in [2.24, 2.45) is 5.92 Å². The molecule has 0 bridgehead atoms. The number of piperidine rings is 1. The Morgan fingerprint density at radius 1 is 1.26 bits per heavy atom. The number of benzene rings is 1. The van der Waals surface area contributed by atoms with Crippen LogP contribution in [0.2, 0.25) is 0 Å². The molecule has 1 unspecified atom stereocenters. The van der Waals surface area contributed by atoms with Crippen LogP contribution in [0.4, 0.5) is 0 Å². The highest BCUT2D eigenvalue weighted by Gasteiger charge is 2.27. The third kappa shape index (κ3) is 4.93. The number of hydrogen-bond donors (Lipinski definition) is 1. The van der Waals surface area contributed by atoms with Crippen LogP contribution < -0.4 is 9.46 Å². The molecule has 23 heavy (non-hydrogen) atoms. The molecule has 0 amide bonds. The molecule has 1 aliphatic heterocycles. The lowest BCUT2D eigenvalue weighted by Crippen LogP contribution is -2.48. The number of aryl methyl sites for hydroxylation is 2. The molecule has 1 N–H and O–H groups in total. The van der Waals surface area contributed by atoms with E-state index in [9.17, 15) is 8.42 Å². The summed E-state index contributed by atoms with van der Waals surface area (Å²) in [5, 5.41) is 0. The second-order valence-electron chi connectivity index (χ2n) is 6.64. The molecule has 0 aromatic heterocycles. The maximum absolute atomic E-state index is 12.4. The van der Waals surface area contributed by atoms with Gasteiger partial charge in [0.15, 0.2) is 0 Å². The Morgan fingerprint density at radius 3 is 2.39 bits per heavy atom. The van der Waals surface area contributed by atoms with Crippen LogP contribution in [0.3, 0.4) is 0 Å². The van der Waals surface area contributed by atoms with Gasteiger partial charge < -0.3 is 4.74 Å². The van der Waals surface area contributed by atoms with Crippen LogP contribution in [-0.2, 0) is 10.2 Å². The highest BCUT2D eigenvalue weighted by atomic mass is 32.2. The number of hydrogen-bond acceptors (Lipinski definition) is 3. The highest BCUT2D eigenvalue weighted by molar-refractivity contribution is 7.87. The first-order chi connectivity index (χ1) is 10.8. The Bertz CT molecular complexity index is 602. The van der Waals surface area contributed by atoms with Crippen LogP contribution in [0.15, 0.2) is 18.2 Å². The van der Waals surface area contributed by atoms with Gasteiger partial charge in [-0.25, -0.2) is 0 Å². The number of rotatable bonds is 6. The van der Waals surface area contributed by atoms with Gasteiger partial charge in [0.25, 0.3) is 10.2 Å². The number of nitrogens with zero attached hydrogens (tertiary/aromatic N) is 1. The summed E-state index contributed by atoms with van der Waals surface area (Å²) < 4.78 is 34.9. The molecule has 1 aromatic rings. The topological polar surface area (TPSA) is 58.6 Å². The molecular formula is C17H28N2O3S. The van der Waals surface area contributed by atoms with Crippen molar-refractivity contribution in [2.75, 3.05) is 19.7 Å². The van der Waals surface area contributed by atoms with Crippen LogP contribution in [0, 0.1) is 19.8 Å². The Balaban J connectivity index is 1.90. The maximum atomic E-state index is 12.4. The summed E-state index contributed by atoms with van der Waals surface area (Å²) in [7, 11) is -3.43. The lowest BCUT2D eigenvalue weighted by atomic mass is 10.0. The minimum Gasteiger partial charge on any atom is -0.491 e. The Morgan fingerprint density at radius 2 is 1.83 bits per heavy atom. The lowest BCUT2D eigenvalue weighted by molar-refractivity contribution is 0.266. The fourth-order valence-corrected chi connectivity index (χ4v) is 4.24. The summed E-state index contributed by atoms with van der Waals surface area (Å²) in [6, 6.07) is 5.69. The molecule has 1 saturated heterocycles. The third-order valence-corrected chi connectivity index (χ3v) is 6.06. The largest absolute Gasteiger partial charge is 0.491 e. The monoisotopic (exact) mass is 340 g/mol. The van der Waals surface area contributed by atoms with E-state index in [0.29, 0.717) is 25.6 Å². The van der Waals surface area contributed by atoms with Crippen LogP contribution in [-0.4, -0.2) is 38.5 Å². The zero-order valence-electron chi connectivity index (χ0n) is 14.5. The second-order valence-corrected chi connectivity index (χ2v) is 8.34. The molecule has 0 aliphatic carbocycles. The van der Waals surface area contributed by atoms with Gasteiger partial charge in [-0.15, -0.1) is 0 Å². The summed E-state index contributed by atoms with van der Waals surface area (Å²) in [4.78, 5) is 0. The van der Waals surface area contributed by atoms with E-state index in [4.69, 9.17) is 4.74 Å². The highest BCUT2D eigenvalue weighted by Crippen LogP contribution is 2.22. The van der Waals surface area contributed by atoms with Crippen molar-refractivity contribution < 1.29 is 13.2 Å². The molecular weight excluding hydrogens is 312 g/mol. The normalized spacial score (nSPS) is 18.8. The SMILES string of the molecule is Cc1cccc(C)c1OCC(C)NS(=O)(=O)N1CCC(C)CC1. The number of para-hydroxylation sites is 1. The van der Waals surface area contributed by atoms with Crippen LogP contribution >= 0.6 is 0 Å². The molecule has 1 heterocycles. The molecule has 1 aromatic carbocycles. The van der Waals surface area contributed by atoms with Gasteiger partial charge in [0, 0.05) is 13.1 Å². The molecule has 2 rings (SSSR count). The fourth-order valence-electron chi connectivity index (χ4n) is 2.82. The van der Waals surface area contributed by atoms with Crippen molar-refractivity contribution in [2.45, 2.75) is 46.6 Å². The van der Waals surface area contributed by atoms with E-state index in [1.807, 2.05) is 39.0 Å². The molecule has 130 valence electrons. The van der Waals surface area contributed by atoms with Crippen molar-refractivity contribution in [3.8, 4) is 5.75 Å². The summed E-state index contributed by atoms with van der Waals surface area (Å²) >= 11 is 0. The van der Waals surface area contributed by atoms with Crippen molar-refractivity contribution >= 4 is 10.2 Å². The van der Waals surface area contributed by atoms with Gasteiger partial charge in [-0.2, -0.15) is 17.4 Å². The standard InChI is InChI=1S/C17H28N2O3S/c1-13-8-10-19(11-9-13)23(20,21)18-16(4)12-22-17-14(2)6-5-7-15(17)3/h5-7,13,16,18H,8-12H2,1-4H3. The zero-order valence-corrected chi connectivity index (χ0v) is 15.3. The zero-order chi connectivity index (χ0) is 17.0. The Kier molecular flexibility index (Phi) is 6.06. The van der Waals surface area contributed by atoms with E-state index in [-0.39, 0.29) is 6.04 Å². The van der Waals surface area contributed by atoms with Crippen molar-refractivity contribution in [3.63, 3.8) is 0 Å². The van der Waals surface area contributed by atoms with E-state index >= 15 is 0 Å². The smallest absolute Gasteiger partial charge is 0.279 e. The predicted octanol–water partition coefficient (Wildman–Crippen LogP) is 2.64. The van der Waals surface area contributed by atoms with Gasteiger partial charge in [-0.05, 0) is 50.7 Å². The van der Waals surface area contributed by atoms with Crippen LogP contribution in [0.1, 0.15) is 37.8 Å². The fraction of sp³-hybridized carbons (Fsp3) is 0.647. The minimum atomic E-state index is -3.43. The summed E-state index contributed by atoms with van der Waals surface area (Å²) in [6.45, 7) is 9.49. The summed E-state index contributed by atoms with van der Waals surface area (Å²) in [6.07, 6.45) is 1.85. The van der Waals surface area contributed by atoms with Gasteiger partial charge in [0.05, 0.1) is 6.04 Å². The minimum absolute atomic E-state index is 0.279. The molecule has 6 heteroatoms. The quantitative estimate of drug-likeness (QED) is 0.866. The van der Waals surface area contributed by atoms with Gasteiger partial charge >= 0.3 is 0 Å². The van der Waals surface area contributed by atoms with E-state index < -0.39 is 10.2 Å². The molecule has 0 radical (unpaired) electrons. The molecule has 1 fully saturated rings. The summed E-state index contributed by atoms with van der Waals surface area (Å²) in [5.41, 5.74) is 2.12. The van der Waals surface area contributed by atoms with E-state index in [1.165, 1.54) is 0 Å². The first-order valence-corrected chi connectivity index (χ1v) is 9.70. The van der Waals surface area contributed by atoms with E-state index in [1.54, 1.807) is 4.31 Å². The van der Waals surface area contributed by atoms with E-state index in [0.717, 1.165) is 29.7 Å². The molecule has 1 aliphatic rings. The number of nitrogens with one attached hydrogen (secondary N) is 1. The van der Waals surface area contributed by atoms with Crippen molar-refractivity contribution in [1.29, 1.82) is 0 Å². The Hall–Kier alpha value is -1.11. The first-order valence-electron chi connectivity index (χ1n) is 8.26. The first kappa shape index (κ1) is 18.2. The van der Waals surface area contributed by atoms with Gasteiger partial charge in [0.2, 0.25) is 0 Å². The van der Waals surface area contributed by atoms with Gasteiger partial charge in [-0.3, -0.25) is 0 Å². The van der Waals surface area contributed by atoms with E-state index in [2.05, 4.69) is 11.6 Å². The van der Waals surface area contributed by atoms with Crippen LogP contribution in [0.25, 0.3) is 0 Å². The number of ether oxygens (including phenoxy) is 1. The van der Waals surface area contributed by atoms with Gasteiger partial charge in [0.1, 0.15) is 12.4 Å². The van der Waals surface area contributed by atoms with Crippen LogP contribution in [0.5, 0.6) is 5.75 Å². The molecule has 5 nitrogen and oxygen atoms in total. The molecule has 0 saturated carbocycles. The van der Waals surface area contributed by atoms with Gasteiger partial charge in [-0.1, -0.05) is 25.1 Å². The second kappa shape index (κ2) is 7.64. The maximum Gasteiger partial charge on any atom is 0.279 e.